The summed E-state index contributed by atoms with van der Waals surface area (Å²) in [5.74, 6) is -0.140. The van der Waals surface area contributed by atoms with Crippen molar-refractivity contribution in [2.75, 3.05) is 18.1 Å². The fraction of sp³-hybridized carbons (Fsp3) is 0.562. The first-order valence-corrected chi connectivity index (χ1v) is 10.4. The summed E-state index contributed by atoms with van der Waals surface area (Å²) in [6, 6.07) is 3.23. The minimum atomic E-state index is -3.12. The Hall–Kier alpha value is -1.87. The number of nitro benzene ring substituents is 1. The van der Waals surface area contributed by atoms with Crippen molar-refractivity contribution in [1.29, 1.82) is 0 Å². The number of halogens is 1. The number of carbonyl (C=O) groups is 1. The van der Waals surface area contributed by atoms with Gasteiger partial charge in [-0.15, -0.1) is 0 Å². The van der Waals surface area contributed by atoms with Gasteiger partial charge in [0.05, 0.1) is 21.5 Å². The second-order valence-corrected chi connectivity index (χ2v) is 8.91. The molecule has 0 unspecified atom stereocenters. The van der Waals surface area contributed by atoms with Gasteiger partial charge >= 0.3 is 0 Å². The van der Waals surface area contributed by atoms with E-state index in [1.807, 2.05) is 13.8 Å². The summed E-state index contributed by atoms with van der Waals surface area (Å²) in [7, 11) is -3.12. The minimum Gasteiger partial charge on any atom is -0.482 e. The van der Waals surface area contributed by atoms with E-state index in [4.69, 9.17) is 16.3 Å². The molecule has 1 saturated heterocycles. The van der Waals surface area contributed by atoms with Crippen molar-refractivity contribution < 1.29 is 22.9 Å². The van der Waals surface area contributed by atoms with Gasteiger partial charge in [0.15, 0.2) is 16.4 Å². The van der Waals surface area contributed by atoms with Crippen LogP contribution in [-0.2, 0) is 14.6 Å². The third kappa shape index (κ3) is 4.85. The maximum Gasteiger partial charge on any atom is 0.271 e. The van der Waals surface area contributed by atoms with Crippen molar-refractivity contribution in [3.05, 3.63) is 33.3 Å². The summed E-state index contributed by atoms with van der Waals surface area (Å²) in [6.45, 7) is 3.46. The lowest BCUT2D eigenvalue weighted by Crippen LogP contribution is -2.48. The Labute approximate surface area is 157 Å². The molecule has 10 heteroatoms. The van der Waals surface area contributed by atoms with Crippen LogP contribution in [0.5, 0.6) is 5.75 Å². The van der Waals surface area contributed by atoms with Crippen LogP contribution in [0.3, 0.4) is 0 Å². The van der Waals surface area contributed by atoms with E-state index in [2.05, 4.69) is 0 Å². The molecule has 1 fully saturated rings. The number of non-ortho nitro benzene ring substituents is 1. The standard InChI is InChI=1S/C16H21ClN2O6S/c1-3-11(2)18(13-6-7-26(23,24)10-13)16(20)9-25-15-5-4-12(19(21)22)8-14(15)17/h4-5,8,11,13H,3,6-7,9-10H2,1-2H3/t11-,13+/m0/s1. The van der Waals surface area contributed by atoms with E-state index < -0.39 is 14.8 Å². The molecule has 0 aromatic heterocycles. The molecule has 26 heavy (non-hydrogen) atoms. The highest BCUT2D eigenvalue weighted by atomic mass is 35.5. The third-order valence-electron chi connectivity index (χ3n) is 4.43. The molecule has 1 amide bonds. The van der Waals surface area contributed by atoms with Crippen LogP contribution >= 0.6 is 11.6 Å². The van der Waals surface area contributed by atoms with Crippen LogP contribution in [-0.4, -0.2) is 54.3 Å². The summed E-state index contributed by atoms with van der Waals surface area (Å²) < 4.78 is 28.9. The Morgan fingerprint density at radius 3 is 2.69 bits per heavy atom. The van der Waals surface area contributed by atoms with E-state index in [0.29, 0.717) is 12.8 Å². The highest BCUT2D eigenvalue weighted by molar-refractivity contribution is 7.91. The fourth-order valence-corrected chi connectivity index (χ4v) is 4.88. The lowest BCUT2D eigenvalue weighted by Gasteiger charge is -2.33. The zero-order valence-corrected chi connectivity index (χ0v) is 16.1. The van der Waals surface area contributed by atoms with Crippen molar-refractivity contribution in [2.24, 2.45) is 0 Å². The van der Waals surface area contributed by atoms with Crippen LogP contribution in [0.25, 0.3) is 0 Å². The molecule has 1 aromatic rings. The van der Waals surface area contributed by atoms with Gasteiger partial charge in [0.1, 0.15) is 5.75 Å². The largest absolute Gasteiger partial charge is 0.482 e. The Bertz CT molecular complexity index is 798. The average Bonchev–Trinajstić information content (AvgIpc) is 2.92. The Morgan fingerprint density at radius 1 is 1.50 bits per heavy atom. The lowest BCUT2D eigenvalue weighted by atomic mass is 10.1. The molecule has 1 aliphatic heterocycles. The van der Waals surface area contributed by atoms with E-state index in [1.165, 1.54) is 12.1 Å². The number of amides is 1. The van der Waals surface area contributed by atoms with Gasteiger partial charge in [-0.3, -0.25) is 14.9 Å². The van der Waals surface area contributed by atoms with Gasteiger partial charge in [-0.1, -0.05) is 18.5 Å². The number of sulfone groups is 1. The molecule has 0 radical (unpaired) electrons. The van der Waals surface area contributed by atoms with Crippen molar-refractivity contribution in [3.8, 4) is 5.75 Å². The maximum absolute atomic E-state index is 12.7. The van der Waals surface area contributed by atoms with Crippen molar-refractivity contribution >= 4 is 33.0 Å². The molecule has 0 saturated carbocycles. The number of hydrogen-bond acceptors (Lipinski definition) is 6. The van der Waals surface area contributed by atoms with Gasteiger partial charge in [-0.05, 0) is 25.8 Å². The predicted molar refractivity (Wildman–Crippen MR) is 97.3 cm³/mol. The normalized spacial score (nSPS) is 19.7. The summed E-state index contributed by atoms with van der Waals surface area (Å²) in [4.78, 5) is 24.4. The number of nitrogens with zero attached hydrogens (tertiary/aromatic N) is 2. The van der Waals surface area contributed by atoms with E-state index in [9.17, 15) is 23.3 Å². The fourth-order valence-electron chi connectivity index (χ4n) is 2.94. The first-order valence-electron chi connectivity index (χ1n) is 8.23. The SMILES string of the molecule is CC[C@H](C)N(C(=O)COc1ccc([N+](=O)[O-])cc1Cl)[C@@H]1CCS(=O)(=O)C1. The topological polar surface area (TPSA) is 107 Å². The number of ether oxygens (including phenoxy) is 1. The Balaban J connectivity index is 2.09. The zero-order chi connectivity index (χ0) is 19.5. The smallest absolute Gasteiger partial charge is 0.271 e. The molecule has 0 N–H and O–H groups in total. The monoisotopic (exact) mass is 404 g/mol. The number of nitro groups is 1. The highest BCUT2D eigenvalue weighted by Gasteiger charge is 2.36. The molecule has 8 nitrogen and oxygen atoms in total. The second kappa shape index (κ2) is 8.22. The van der Waals surface area contributed by atoms with E-state index >= 15 is 0 Å². The van der Waals surface area contributed by atoms with Gasteiger partial charge in [0, 0.05) is 24.2 Å². The molecule has 2 rings (SSSR count). The molecule has 0 spiro atoms. The first-order chi connectivity index (χ1) is 12.1. The molecular weight excluding hydrogens is 384 g/mol. The first kappa shape index (κ1) is 20.4. The molecule has 1 aromatic carbocycles. The number of hydrogen-bond donors (Lipinski definition) is 0. The van der Waals surface area contributed by atoms with Gasteiger partial charge in [-0.25, -0.2) is 8.42 Å². The number of benzene rings is 1. The molecule has 144 valence electrons. The molecule has 0 aliphatic carbocycles. The lowest BCUT2D eigenvalue weighted by molar-refractivity contribution is -0.384. The zero-order valence-electron chi connectivity index (χ0n) is 14.6. The van der Waals surface area contributed by atoms with Gasteiger partial charge < -0.3 is 9.64 Å². The molecule has 2 atom stereocenters. The Morgan fingerprint density at radius 2 is 2.19 bits per heavy atom. The van der Waals surface area contributed by atoms with Crippen LogP contribution in [0.2, 0.25) is 5.02 Å². The van der Waals surface area contributed by atoms with Crippen LogP contribution in [0, 0.1) is 10.1 Å². The minimum absolute atomic E-state index is 0.0329. The van der Waals surface area contributed by atoms with Gasteiger partial charge in [0.25, 0.3) is 11.6 Å². The Kier molecular flexibility index (Phi) is 6.46. The van der Waals surface area contributed by atoms with Gasteiger partial charge in [-0.2, -0.15) is 0 Å². The number of rotatable bonds is 7. The average molecular weight is 405 g/mol. The van der Waals surface area contributed by atoms with Crippen LogP contribution in [0.1, 0.15) is 26.7 Å². The van der Waals surface area contributed by atoms with Crippen molar-refractivity contribution in [1.82, 2.24) is 4.90 Å². The maximum atomic E-state index is 12.7. The quantitative estimate of drug-likeness (QED) is 0.510. The summed E-state index contributed by atoms with van der Waals surface area (Å²) in [5.41, 5.74) is -0.175. The summed E-state index contributed by atoms with van der Waals surface area (Å²) in [6.07, 6.45) is 1.09. The molecule has 0 bridgehead atoms. The van der Waals surface area contributed by atoms with Crippen molar-refractivity contribution in [3.63, 3.8) is 0 Å². The second-order valence-electron chi connectivity index (χ2n) is 6.28. The highest BCUT2D eigenvalue weighted by Crippen LogP contribution is 2.29. The summed E-state index contributed by atoms with van der Waals surface area (Å²) >= 11 is 5.96. The van der Waals surface area contributed by atoms with Crippen molar-refractivity contribution in [2.45, 2.75) is 38.8 Å². The van der Waals surface area contributed by atoms with Gasteiger partial charge in [0.2, 0.25) is 0 Å². The van der Waals surface area contributed by atoms with Crippen LogP contribution < -0.4 is 4.74 Å². The third-order valence-corrected chi connectivity index (χ3v) is 6.48. The number of carbonyl (C=O) groups excluding carboxylic acids is 1. The molecule has 1 heterocycles. The van der Waals surface area contributed by atoms with E-state index in [-0.39, 0.29) is 52.6 Å². The van der Waals surface area contributed by atoms with E-state index in [1.54, 1.807) is 4.90 Å². The van der Waals surface area contributed by atoms with Crippen LogP contribution in [0.15, 0.2) is 18.2 Å². The summed E-state index contributed by atoms with van der Waals surface area (Å²) in [5, 5.41) is 10.8. The predicted octanol–water partition coefficient (Wildman–Crippen LogP) is 2.44. The molecule has 1 aliphatic rings. The van der Waals surface area contributed by atoms with E-state index in [0.717, 1.165) is 6.07 Å². The van der Waals surface area contributed by atoms with Crippen LogP contribution in [0.4, 0.5) is 5.69 Å². The molecular formula is C16H21ClN2O6S.